The van der Waals surface area contributed by atoms with Gasteiger partial charge in [0.1, 0.15) is 5.75 Å². The number of aromatic nitrogens is 2. The first kappa shape index (κ1) is 11.0. The highest BCUT2D eigenvalue weighted by Gasteiger charge is 2.16. The van der Waals surface area contributed by atoms with E-state index in [0.29, 0.717) is 0 Å². The molecule has 0 spiro atoms. The molecule has 4 heteroatoms. The number of benzene rings is 1. The van der Waals surface area contributed by atoms with Gasteiger partial charge in [-0.1, -0.05) is 17.7 Å². The average Bonchev–Trinajstić information content (AvgIpc) is 2.81. The zero-order valence-electron chi connectivity index (χ0n) is 9.20. The summed E-state index contributed by atoms with van der Waals surface area (Å²) in [4.78, 5) is 0. The van der Waals surface area contributed by atoms with Crippen LogP contribution in [-0.4, -0.2) is 17.3 Å². The van der Waals surface area contributed by atoms with Gasteiger partial charge in [0.05, 0.1) is 18.7 Å². The van der Waals surface area contributed by atoms with Gasteiger partial charge < -0.3 is 4.74 Å². The van der Waals surface area contributed by atoms with Gasteiger partial charge in [-0.3, -0.25) is 5.10 Å². The number of halogens is 1. The van der Waals surface area contributed by atoms with E-state index in [1.807, 2.05) is 25.1 Å². The smallest absolute Gasteiger partial charge is 0.123 e. The third kappa shape index (κ3) is 2.04. The Morgan fingerprint density at radius 2 is 2.25 bits per heavy atom. The zero-order valence-corrected chi connectivity index (χ0v) is 9.95. The van der Waals surface area contributed by atoms with Gasteiger partial charge in [0.15, 0.2) is 0 Å². The summed E-state index contributed by atoms with van der Waals surface area (Å²) in [6, 6.07) is 5.96. The first-order valence-electron chi connectivity index (χ1n) is 4.99. The van der Waals surface area contributed by atoms with Crippen molar-refractivity contribution in [1.82, 2.24) is 10.2 Å². The molecule has 0 saturated heterocycles. The number of aromatic amines is 1. The number of methoxy groups -OCH3 is 1. The van der Waals surface area contributed by atoms with Crippen LogP contribution < -0.4 is 4.74 Å². The standard InChI is InChI=1S/C12H13ClN2O/c1-8-3-4-11(16-2)10(5-8)12(13)9-6-14-15-7-9/h3-7,12H,1-2H3,(H,14,15). The van der Waals surface area contributed by atoms with E-state index in [1.165, 1.54) is 0 Å². The quantitative estimate of drug-likeness (QED) is 0.832. The molecule has 0 aliphatic carbocycles. The molecule has 0 fully saturated rings. The highest BCUT2D eigenvalue weighted by Crippen LogP contribution is 2.34. The predicted molar refractivity (Wildman–Crippen MR) is 64.0 cm³/mol. The van der Waals surface area contributed by atoms with Crippen molar-refractivity contribution in [3.8, 4) is 5.75 Å². The van der Waals surface area contributed by atoms with E-state index < -0.39 is 0 Å². The number of aryl methyl sites for hydroxylation is 1. The average molecular weight is 237 g/mol. The molecule has 1 aromatic carbocycles. The molecule has 0 saturated carbocycles. The fourth-order valence-corrected chi connectivity index (χ4v) is 1.92. The molecule has 1 atom stereocenters. The Hall–Kier alpha value is -1.48. The Labute approximate surface area is 99.4 Å². The van der Waals surface area contributed by atoms with Crippen LogP contribution in [0.4, 0.5) is 0 Å². The summed E-state index contributed by atoms with van der Waals surface area (Å²) in [5.41, 5.74) is 3.06. The van der Waals surface area contributed by atoms with Crippen LogP contribution in [0.2, 0.25) is 0 Å². The lowest BCUT2D eigenvalue weighted by atomic mass is 10.0. The monoisotopic (exact) mass is 236 g/mol. The maximum Gasteiger partial charge on any atom is 0.123 e. The molecule has 0 aliphatic heterocycles. The van der Waals surface area contributed by atoms with E-state index in [-0.39, 0.29) is 5.38 Å². The van der Waals surface area contributed by atoms with Gasteiger partial charge >= 0.3 is 0 Å². The third-order valence-electron chi connectivity index (χ3n) is 2.47. The van der Waals surface area contributed by atoms with Crippen molar-refractivity contribution in [2.45, 2.75) is 12.3 Å². The number of ether oxygens (including phenoxy) is 1. The highest BCUT2D eigenvalue weighted by molar-refractivity contribution is 6.22. The van der Waals surface area contributed by atoms with Crippen LogP contribution >= 0.6 is 11.6 Å². The molecule has 1 unspecified atom stereocenters. The van der Waals surface area contributed by atoms with Gasteiger partial charge in [0.2, 0.25) is 0 Å². The largest absolute Gasteiger partial charge is 0.496 e. The zero-order chi connectivity index (χ0) is 11.5. The van der Waals surface area contributed by atoms with Crippen molar-refractivity contribution < 1.29 is 4.74 Å². The van der Waals surface area contributed by atoms with Gasteiger partial charge in [-0.2, -0.15) is 5.10 Å². The molecular formula is C12H13ClN2O. The van der Waals surface area contributed by atoms with Gasteiger partial charge in [-0.15, -0.1) is 11.6 Å². The summed E-state index contributed by atoms with van der Waals surface area (Å²) >= 11 is 6.39. The number of nitrogens with one attached hydrogen (secondary N) is 1. The first-order valence-corrected chi connectivity index (χ1v) is 5.43. The minimum Gasteiger partial charge on any atom is -0.496 e. The molecule has 84 valence electrons. The van der Waals surface area contributed by atoms with E-state index in [4.69, 9.17) is 16.3 Å². The van der Waals surface area contributed by atoms with Gasteiger partial charge in [0.25, 0.3) is 0 Å². The van der Waals surface area contributed by atoms with Crippen LogP contribution in [0.15, 0.2) is 30.6 Å². The van der Waals surface area contributed by atoms with E-state index in [1.54, 1.807) is 19.5 Å². The van der Waals surface area contributed by atoms with E-state index in [0.717, 1.165) is 22.4 Å². The molecule has 0 aliphatic rings. The summed E-state index contributed by atoms with van der Waals surface area (Å²) in [6.45, 7) is 2.03. The molecule has 2 rings (SSSR count). The van der Waals surface area contributed by atoms with Crippen LogP contribution in [0.25, 0.3) is 0 Å². The lowest BCUT2D eigenvalue weighted by Gasteiger charge is -2.13. The van der Waals surface area contributed by atoms with E-state index in [9.17, 15) is 0 Å². The van der Waals surface area contributed by atoms with Crippen molar-refractivity contribution >= 4 is 11.6 Å². The van der Waals surface area contributed by atoms with Crippen LogP contribution in [0.1, 0.15) is 22.1 Å². The lowest BCUT2D eigenvalue weighted by molar-refractivity contribution is 0.410. The maximum absolute atomic E-state index is 6.39. The summed E-state index contributed by atoms with van der Waals surface area (Å²) in [6.07, 6.45) is 3.51. The van der Waals surface area contributed by atoms with E-state index >= 15 is 0 Å². The van der Waals surface area contributed by atoms with Crippen molar-refractivity contribution in [3.05, 3.63) is 47.3 Å². The minimum atomic E-state index is -0.242. The van der Waals surface area contributed by atoms with Crippen LogP contribution in [-0.2, 0) is 0 Å². The lowest BCUT2D eigenvalue weighted by Crippen LogP contribution is -1.97. The molecule has 0 radical (unpaired) electrons. The first-order chi connectivity index (χ1) is 7.72. The molecule has 0 amide bonds. The number of nitrogens with zero attached hydrogens (tertiary/aromatic N) is 1. The summed E-state index contributed by atoms with van der Waals surface area (Å²) in [5, 5.41) is 6.41. The minimum absolute atomic E-state index is 0.242. The van der Waals surface area contributed by atoms with Gasteiger partial charge in [0, 0.05) is 17.3 Å². The second-order valence-corrected chi connectivity index (χ2v) is 4.08. The van der Waals surface area contributed by atoms with Gasteiger partial charge in [-0.25, -0.2) is 0 Å². The second-order valence-electron chi connectivity index (χ2n) is 3.64. The summed E-state index contributed by atoms with van der Waals surface area (Å²) in [5.74, 6) is 0.798. The Balaban J connectivity index is 2.42. The number of hydrogen-bond donors (Lipinski definition) is 1. The Bertz CT molecular complexity index is 468. The maximum atomic E-state index is 6.39. The number of alkyl halides is 1. The van der Waals surface area contributed by atoms with Crippen LogP contribution in [0.3, 0.4) is 0 Å². The normalized spacial score (nSPS) is 12.4. The summed E-state index contributed by atoms with van der Waals surface area (Å²) < 4.78 is 5.30. The number of H-pyrrole nitrogens is 1. The summed E-state index contributed by atoms with van der Waals surface area (Å²) in [7, 11) is 1.65. The molecule has 1 aromatic heterocycles. The fourth-order valence-electron chi connectivity index (χ4n) is 1.63. The second kappa shape index (κ2) is 4.58. The molecule has 3 nitrogen and oxygen atoms in total. The third-order valence-corrected chi connectivity index (χ3v) is 2.96. The molecule has 16 heavy (non-hydrogen) atoms. The molecule has 2 aromatic rings. The van der Waals surface area contributed by atoms with Crippen LogP contribution in [0.5, 0.6) is 5.75 Å². The highest BCUT2D eigenvalue weighted by atomic mass is 35.5. The Kier molecular flexibility index (Phi) is 3.15. The Morgan fingerprint density at radius 1 is 1.44 bits per heavy atom. The molecule has 0 bridgehead atoms. The molecule has 1 N–H and O–H groups in total. The van der Waals surface area contributed by atoms with Gasteiger partial charge in [-0.05, 0) is 13.0 Å². The van der Waals surface area contributed by atoms with Crippen molar-refractivity contribution in [1.29, 1.82) is 0 Å². The number of rotatable bonds is 3. The van der Waals surface area contributed by atoms with Crippen molar-refractivity contribution in [2.75, 3.05) is 7.11 Å². The van der Waals surface area contributed by atoms with Crippen molar-refractivity contribution in [3.63, 3.8) is 0 Å². The molecule has 1 heterocycles. The molecular weight excluding hydrogens is 224 g/mol. The SMILES string of the molecule is COc1ccc(C)cc1C(Cl)c1cn[nH]c1. The van der Waals surface area contributed by atoms with Crippen LogP contribution in [0, 0.1) is 6.92 Å². The Morgan fingerprint density at radius 3 is 2.88 bits per heavy atom. The van der Waals surface area contributed by atoms with Crippen molar-refractivity contribution in [2.24, 2.45) is 0 Å². The topological polar surface area (TPSA) is 37.9 Å². The van der Waals surface area contributed by atoms with E-state index in [2.05, 4.69) is 10.2 Å². The fraction of sp³-hybridized carbons (Fsp3) is 0.250. The number of hydrogen-bond acceptors (Lipinski definition) is 2. The predicted octanol–water partition coefficient (Wildman–Crippen LogP) is 3.05.